The Hall–Kier alpha value is -0.540. The second-order valence-corrected chi connectivity index (χ2v) is 4.72. The number of fused-ring (bicyclic) bond motifs is 1. The highest BCUT2D eigenvalue weighted by Gasteiger charge is 2.17. The SMILES string of the molecule is CCNC(C)c1cc(Br)c2c(c1)CCO2. The first-order valence-electron chi connectivity index (χ1n) is 5.41. The summed E-state index contributed by atoms with van der Waals surface area (Å²) >= 11 is 3.56. The minimum atomic E-state index is 0.400. The summed E-state index contributed by atoms with van der Waals surface area (Å²) in [5, 5.41) is 3.42. The highest BCUT2D eigenvalue weighted by Crippen LogP contribution is 2.36. The van der Waals surface area contributed by atoms with Crippen LogP contribution in [0.4, 0.5) is 0 Å². The molecule has 2 nitrogen and oxygen atoms in total. The summed E-state index contributed by atoms with van der Waals surface area (Å²) < 4.78 is 6.64. The summed E-state index contributed by atoms with van der Waals surface area (Å²) in [4.78, 5) is 0. The van der Waals surface area contributed by atoms with E-state index in [-0.39, 0.29) is 0 Å². The van der Waals surface area contributed by atoms with E-state index in [0.717, 1.165) is 29.8 Å². The van der Waals surface area contributed by atoms with Crippen LogP contribution < -0.4 is 10.1 Å². The van der Waals surface area contributed by atoms with Crippen LogP contribution in [0.3, 0.4) is 0 Å². The van der Waals surface area contributed by atoms with E-state index in [9.17, 15) is 0 Å². The fourth-order valence-corrected chi connectivity index (χ4v) is 2.59. The Bertz CT molecular complexity index is 365. The zero-order valence-corrected chi connectivity index (χ0v) is 10.7. The molecule has 1 aliphatic rings. The molecule has 0 radical (unpaired) electrons. The molecule has 0 saturated carbocycles. The summed E-state index contributed by atoms with van der Waals surface area (Å²) in [5.74, 6) is 1.03. The summed E-state index contributed by atoms with van der Waals surface area (Å²) in [6.45, 7) is 6.12. The maximum Gasteiger partial charge on any atom is 0.136 e. The van der Waals surface area contributed by atoms with E-state index >= 15 is 0 Å². The van der Waals surface area contributed by atoms with Crippen molar-refractivity contribution in [2.24, 2.45) is 0 Å². The molecular formula is C12H16BrNO. The predicted molar refractivity (Wildman–Crippen MR) is 65.4 cm³/mol. The number of halogens is 1. The summed E-state index contributed by atoms with van der Waals surface area (Å²) in [6.07, 6.45) is 1.03. The van der Waals surface area contributed by atoms with Crippen LogP contribution in [0.1, 0.15) is 31.0 Å². The van der Waals surface area contributed by atoms with E-state index in [1.807, 2.05) is 0 Å². The van der Waals surface area contributed by atoms with Crippen molar-refractivity contribution in [2.75, 3.05) is 13.2 Å². The van der Waals surface area contributed by atoms with E-state index in [0.29, 0.717) is 6.04 Å². The van der Waals surface area contributed by atoms with Gasteiger partial charge in [0.15, 0.2) is 0 Å². The number of nitrogens with one attached hydrogen (secondary N) is 1. The van der Waals surface area contributed by atoms with Gasteiger partial charge < -0.3 is 10.1 Å². The Labute approximate surface area is 99.1 Å². The number of hydrogen-bond donors (Lipinski definition) is 1. The third-order valence-electron chi connectivity index (χ3n) is 2.77. The molecule has 0 saturated heterocycles. The third kappa shape index (κ3) is 2.18. The molecule has 0 fully saturated rings. The fourth-order valence-electron chi connectivity index (χ4n) is 1.96. The van der Waals surface area contributed by atoms with Crippen LogP contribution in [-0.4, -0.2) is 13.2 Å². The van der Waals surface area contributed by atoms with Crippen molar-refractivity contribution >= 4 is 15.9 Å². The van der Waals surface area contributed by atoms with Crippen LogP contribution >= 0.6 is 15.9 Å². The summed E-state index contributed by atoms with van der Waals surface area (Å²) in [5.41, 5.74) is 2.65. The molecule has 82 valence electrons. The van der Waals surface area contributed by atoms with Gasteiger partial charge in [0.25, 0.3) is 0 Å². The Balaban J connectivity index is 2.30. The monoisotopic (exact) mass is 269 g/mol. The van der Waals surface area contributed by atoms with E-state index in [1.165, 1.54) is 11.1 Å². The number of ether oxygens (including phenoxy) is 1. The van der Waals surface area contributed by atoms with Crippen molar-refractivity contribution in [3.05, 3.63) is 27.7 Å². The van der Waals surface area contributed by atoms with Gasteiger partial charge in [-0.3, -0.25) is 0 Å². The molecule has 1 aromatic carbocycles. The first-order valence-corrected chi connectivity index (χ1v) is 6.20. The molecular weight excluding hydrogens is 254 g/mol. The molecule has 1 heterocycles. The quantitative estimate of drug-likeness (QED) is 0.911. The zero-order chi connectivity index (χ0) is 10.8. The smallest absolute Gasteiger partial charge is 0.136 e. The maximum atomic E-state index is 5.56. The topological polar surface area (TPSA) is 21.3 Å². The molecule has 1 N–H and O–H groups in total. The van der Waals surface area contributed by atoms with Gasteiger partial charge in [0.2, 0.25) is 0 Å². The third-order valence-corrected chi connectivity index (χ3v) is 3.36. The molecule has 3 heteroatoms. The average molecular weight is 270 g/mol. The minimum Gasteiger partial charge on any atom is -0.492 e. The zero-order valence-electron chi connectivity index (χ0n) is 9.14. The lowest BCUT2D eigenvalue weighted by Gasteiger charge is -2.14. The Kier molecular flexibility index (Phi) is 3.32. The molecule has 1 aromatic rings. The van der Waals surface area contributed by atoms with Crippen molar-refractivity contribution < 1.29 is 4.74 Å². The molecule has 0 aromatic heterocycles. The predicted octanol–water partition coefficient (Wildman–Crippen LogP) is 3.05. The molecule has 0 bridgehead atoms. The van der Waals surface area contributed by atoms with Gasteiger partial charge in [-0.05, 0) is 46.6 Å². The van der Waals surface area contributed by atoms with Gasteiger partial charge in [0.1, 0.15) is 5.75 Å². The number of rotatable bonds is 3. The lowest BCUT2D eigenvalue weighted by molar-refractivity contribution is 0.355. The molecule has 0 aliphatic carbocycles. The lowest BCUT2D eigenvalue weighted by Crippen LogP contribution is -2.17. The van der Waals surface area contributed by atoms with Crippen molar-refractivity contribution in [1.29, 1.82) is 0 Å². The number of benzene rings is 1. The highest BCUT2D eigenvalue weighted by molar-refractivity contribution is 9.10. The van der Waals surface area contributed by atoms with Crippen LogP contribution in [-0.2, 0) is 6.42 Å². The molecule has 2 rings (SSSR count). The van der Waals surface area contributed by atoms with E-state index in [2.05, 4.69) is 47.2 Å². The highest BCUT2D eigenvalue weighted by atomic mass is 79.9. The fraction of sp³-hybridized carbons (Fsp3) is 0.500. The second-order valence-electron chi connectivity index (χ2n) is 3.87. The van der Waals surface area contributed by atoms with Gasteiger partial charge in [0.05, 0.1) is 11.1 Å². The first-order chi connectivity index (χ1) is 7.22. The largest absolute Gasteiger partial charge is 0.492 e. The van der Waals surface area contributed by atoms with Crippen LogP contribution in [0.25, 0.3) is 0 Å². The van der Waals surface area contributed by atoms with E-state index in [4.69, 9.17) is 4.74 Å². The molecule has 0 amide bonds. The lowest BCUT2D eigenvalue weighted by atomic mass is 10.0. The van der Waals surface area contributed by atoms with Crippen molar-refractivity contribution in [1.82, 2.24) is 5.32 Å². The van der Waals surface area contributed by atoms with Crippen LogP contribution in [0.5, 0.6) is 5.75 Å². The van der Waals surface area contributed by atoms with Gasteiger partial charge in [-0.25, -0.2) is 0 Å². The molecule has 1 atom stereocenters. The molecule has 0 spiro atoms. The minimum absolute atomic E-state index is 0.400. The Morgan fingerprint density at radius 2 is 2.33 bits per heavy atom. The van der Waals surface area contributed by atoms with Gasteiger partial charge in [-0.2, -0.15) is 0 Å². The van der Waals surface area contributed by atoms with E-state index < -0.39 is 0 Å². The van der Waals surface area contributed by atoms with Gasteiger partial charge >= 0.3 is 0 Å². The van der Waals surface area contributed by atoms with E-state index in [1.54, 1.807) is 0 Å². The average Bonchev–Trinajstić information content (AvgIpc) is 2.66. The van der Waals surface area contributed by atoms with Crippen LogP contribution in [0, 0.1) is 0 Å². The van der Waals surface area contributed by atoms with Gasteiger partial charge in [-0.1, -0.05) is 13.0 Å². The number of hydrogen-bond acceptors (Lipinski definition) is 2. The Morgan fingerprint density at radius 1 is 1.53 bits per heavy atom. The van der Waals surface area contributed by atoms with Crippen LogP contribution in [0.15, 0.2) is 16.6 Å². The normalized spacial score (nSPS) is 15.9. The second kappa shape index (κ2) is 4.54. The maximum absolute atomic E-state index is 5.56. The standard InChI is InChI=1S/C12H16BrNO/c1-3-14-8(2)10-6-9-4-5-15-12(9)11(13)7-10/h6-8,14H,3-5H2,1-2H3. The summed E-state index contributed by atoms with van der Waals surface area (Å²) in [7, 11) is 0. The summed E-state index contributed by atoms with van der Waals surface area (Å²) in [6, 6.07) is 4.80. The van der Waals surface area contributed by atoms with Gasteiger partial charge in [-0.15, -0.1) is 0 Å². The van der Waals surface area contributed by atoms with Crippen molar-refractivity contribution in [2.45, 2.75) is 26.3 Å². The van der Waals surface area contributed by atoms with Gasteiger partial charge in [0, 0.05) is 12.5 Å². The molecule has 1 aliphatic heterocycles. The first kappa shape index (κ1) is 11.0. The Morgan fingerprint density at radius 3 is 3.07 bits per heavy atom. The molecule has 1 unspecified atom stereocenters. The van der Waals surface area contributed by atoms with Crippen molar-refractivity contribution in [3.63, 3.8) is 0 Å². The van der Waals surface area contributed by atoms with Crippen LogP contribution in [0.2, 0.25) is 0 Å². The van der Waals surface area contributed by atoms with Crippen molar-refractivity contribution in [3.8, 4) is 5.75 Å². The molecule has 15 heavy (non-hydrogen) atoms.